The van der Waals surface area contributed by atoms with Crippen LogP contribution in [0, 0.1) is 17.8 Å². The number of carbonyl (C=O) groups is 1. The molecular weight excluding hydrogens is 394 g/mol. The van der Waals surface area contributed by atoms with E-state index in [0.29, 0.717) is 24.3 Å². The summed E-state index contributed by atoms with van der Waals surface area (Å²) in [5.74, 6) is 1.77. The molecule has 3 nitrogen and oxygen atoms in total. The molecule has 0 spiro atoms. The number of hydrogen-bond acceptors (Lipinski definition) is 2. The summed E-state index contributed by atoms with van der Waals surface area (Å²) >= 11 is 6.19. The van der Waals surface area contributed by atoms with E-state index in [2.05, 4.69) is 17.0 Å². The second-order valence-corrected chi connectivity index (χ2v) is 10.7. The molecule has 4 rings (SSSR count). The fraction of sp³-hybridized carbons (Fsp3) is 0.731. The third-order valence-corrected chi connectivity index (χ3v) is 8.34. The fourth-order valence-electron chi connectivity index (χ4n) is 6.57. The second kappa shape index (κ2) is 10.5. The summed E-state index contributed by atoms with van der Waals surface area (Å²) in [6.45, 7) is 2.49. The van der Waals surface area contributed by atoms with Crippen LogP contribution in [0.1, 0.15) is 88.5 Å². The Morgan fingerprint density at radius 2 is 1.43 bits per heavy atom. The smallest absolute Gasteiger partial charge is 0.303 e. The van der Waals surface area contributed by atoms with E-state index in [9.17, 15) is 9.90 Å². The zero-order chi connectivity index (χ0) is 20.9. The standard InChI is InChI=1S/C26H38ClNO2/c27-23-12-10-22(11-13-23)24-15-21(16-26(29)30)9-14-25(24)28(17-19-5-1-2-6-19)18-20-7-3-4-8-20/h10-13,19-21,24-25H,1-9,14-18H2,(H,29,30). The molecule has 30 heavy (non-hydrogen) atoms. The molecule has 0 aromatic heterocycles. The number of hydrogen-bond donors (Lipinski definition) is 1. The highest BCUT2D eigenvalue weighted by Gasteiger charge is 2.37. The highest BCUT2D eigenvalue weighted by Crippen LogP contribution is 2.42. The molecule has 3 fully saturated rings. The van der Waals surface area contributed by atoms with Crippen LogP contribution in [-0.4, -0.2) is 35.1 Å². The minimum atomic E-state index is -0.651. The molecule has 0 radical (unpaired) electrons. The van der Waals surface area contributed by atoms with Crippen molar-refractivity contribution in [3.05, 3.63) is 34.9 Å². The maximum Gasteiger partial charge on any atom is 0.303 e. The summed E-state index contributed by atoms with van der Waals surface area (Å²) in [5, 5.41) is 10.2. The van der Waals surface area contributed by atoms with E-state index in [1.165, 1.54) is 70.0 Å². The maximum atomic E-state index is 11.4. The monoisotopic (exact) mass is 431 g/mol. The molecule has 1 N–H and O–H groups in total. The first kappa shape index (κ1) is 22.1. The molecule has 1 aromatic rings. The summed E-state index contributed by atoms with van der Waals surface area (Å²) in [6, 6.07) is 8.93. The molecule has 0 saturated heterocycles. The van der Waals surface area contributed by atoms with Gasteiger partial charge in [0.1, 0.15) is 0 Å². The van der Waals surface area contributed by atoms with Crippen LogP contribution in [-0.2, 0) is 4.79 Å². The number of rotatable bonds is 8. The average Bonchev–Trinajstić information content (AvgIpc) is 3.42. The van der Waals surface area contributed by atoms with Crippen LogP contribution in [0.3, 0.4) is 0 Å². The highest BCUT2D eigenvalue weighted by molar-refractivity contribution is 6.30. The minimum Gasteiger partial charge on any atom is -0.481 e. The molecular formula is C26H38ClNO2. The van der Waals surface area contributed by atoms with E-state index in [0.717, 1.165) is 36.1 Å². The third kappa shape index (κ3) is 5.79. The van der Waals surface area contributed by atoms with Gasteiger partial charge in [0.15, 0.2) is 0 Å². The summed E-state index contributed by atoms with van der Waals surface area (Å²) in [5.41, 5.74) is 1.35. The van der Waals surface area contributed by atoms with Crippen molar-refractivity contribution >= 4 is 17.6 Å². The molecule has 1 aromatic carbocycles. The number of aliphatic carboxylic acids is 1. The van der Waals surface area contributed by atoms with Gasteiger partial charge in [0.05, 0.1) is 0 Å². The van der Waals surface area contributed by atoms with Crippen LogP contribution < -0.4 is 0 Å². The number of carboxylic acids is 1. The normalized spacial score (nSPS) is 28.4. The van der Waals surface area contributed by atoms with Crippen molar-refractivity contribution in [3.63, 3.8) is 0 Å². The van der Waals surface area contributed by atoms with Gasteiger partial charge in [-0.3, -0.25) is 9.69 Å². The van der Waals surface area contributed by atoms with Gasteiger partial charge in [-0.2, -0.15) is 0 Å². The quantitative estimate of drug-likeness (QED) is 0.494. The molecule has 166 valence electrons. The molecule has 3 saturated carbocycles. The highest BCUT2D eigenvalue weighted by atomic mass is 35.5. The van der Waals surface area contributed by atoms with Crippen molar-refractivity contribution in [1.82, 2.24) is 4.90 Å². The predicted molar refractivity (Wildman–Crippen MR) is 123 cm³/mol. The molecule has 3 unspecified atom stereocenters. The van der Waals surface area contributed by atoms with Gasteiger partial charge >= 0.3 is 5.97 Å². The van der Waals surface area contributed by atoms with Gasteiger partial charge < -0.3 is 5.11 Å². The zero-order valence-corrected chi connectivity index (χ0v) is 19.0. The van der Waals surface area contributed by atoms with E-state index >= 15 is 0 Å². The lowest BCUT2D eigenvalue weighted by atomic mass is 9.72. The first-order chi connectivity index (χ1) is 14.6. The Labute approximate surface area is 187 Å². The van der Waals surface area contributed by atoms with Gasteiger partial charge in [0.2, 0.25) is 0 Å². The summed E-state index contributed by atoms with van der Waals surface area (Å²) in [4.78, 5) is 14.3. The summed E-state index contributed by atoms with van der Waals surface area (Å²) < 4.78 is 0. The van der Waals surface area contributed by atoms with E-state index in [4.69, 9.17) is 11.6 Å². The zero-order valence-electron chi connectivity index (χ0n) is 18.3. The lowest BCUT2D eigenvalue weighted by Gasteiger charge is -2.44. The van der Waals surface area contributed by atoms with E-state index in [-0.39, 0.29) is 0 Å². The predicted octanol–water partition coefficient (Wildman–Crippen LogP) is 6.75. The molecule has 3 aliphatic rings. The van der Waals surface area contributed by atoms with Crippen molar-refractivity contribution in [1.29, 1.82) is 0 Å². The number of benzene rings is 1. The lowest BCUT2D eigenvalue weighted by Crippen LogP contribution is -2.47. The Balaban J connectivity index is 1.56. The van der Waals surface area contributed by atoms with Gasteiger partial charge in [-0.1, -0.05) is 49.4 Å². The molecule has 0 amide bonds. The Bertz CT molecular complexity index is 661. The van der Waals surface area contributed by atoms with Gasteiger partial charge in [0, 0.05) is 30.6 Å². The number of nitrogens with zero attached hydrogens (tertiary/aromatic N) is 1. The van der Waals surface area contributed by atoms with Gasteiger partial charge in [-0.15, -0.1) is 0 Å². The van der Waals surface area contributed by atoms with E-state index < -0.39 is 5.97 Å². The molecule has 0 bridgehead atoms. The van der Waals surface area contributed by atoms with E-state index in [1.54, 1.807) is 0 Å². The van der Waals surface area contributed by atoms with Crippen molar-refractivity contribution in [3.8, 4) is 0 Å². The SMILES string of the molecule is O=C(O)CC1CCC(N(CC2CCCC2)CC2CCCC2)C(c2ccc(Cl)cc2)C1. The average molecular weight is 432 g/mol. The molecule has 3 aliphatic carbocycles. The minimum absolute atomic E-state index is 0.291. The molecule has 3 atom stereocenters. The molecule has 4 heteroatoms. The lowest BCUT2D eigenvalue weighted by molar-refractivity contribution is -0.138. The van der Waals surface area contributed by atoms with Crippen LogP contribution in [0.2, 0.25) is 5.02 Å². The maximum absolute atomic E-state index is 11.4. The second-order valence-electron chi connectivity index (χ2n) is 10.3. The molecule has 0 heterocycles. The fourth-order valence-corrected chi connectivity index (χ4v) is 6.70. The van der Waals surface area contributed by atoms with Crippen LogP contribution in [0.5, 0.6) is 0 Å². The number of carboxylic acid groups (broad SMARTS) is 1. The first-order valence-corrected chi connectivity index (χ1v) is 12.7. The Morgan fingerprint density at radius 3 is 1.97 bits per heavy atom. The summed E-state index contributed by atoms with van der Waals surface area (Å²) in [6.07, 6.45) is 14.6. The van der Waals surface area contributed by atoms with Gasteiger partial charge in [-0.05, 0) is 86.3 Å². The third-order valence-electron chi connectivity index (χ3n) is 8.09. The number of halogens is 1. The largest absolute Gasteiger partial charge is 0.481 e. The Morgan fingerprint density at radius 1 is 0.867 bits per heavy atom. The van der Waals surface area contributed by atoms with Crippen molar-refractivity contribution in [2.45, 2.75) is 89.0 Å². The van der Waals surface area contributed by atoms with Crippen molar-refractivity contribution in [2.24, 2.45) is 17.8 Å². The van der Waals surface area contributed by atoms with Crippen LogP contribution >= 0.6 is 11.6 Å². The topological polar surface area (TPSA) is 40.5 Å². The van der Waals surface area contributed by atoms with Crippen molar-refractivity contribution < 1.29 is 9.90 Å². The van der Waals surface area contributed by atoms with Crippen molar-refractivity contribution in [2.75, 3.05) is 13.1 Å². The molecule has 0 aliphatic heterocycles. The van der Waals surface area contributed by atoms with E-state index in [1.807, 2.05) is 12.1 Å². The van der Waals surface area contributed by atoms with Crippen LogP contribution in [0.15, 0.2) is 24.3 Å². The van der Waals surface area contributed by atoms with Gasteiger partial charge in [-0.25, -0.2) is 0 Å². The Hall–Kier alpha value is -1.06. The van der Waals surface area contributed by atoms with Gasteiger partial charge in [0.25, 0.3) is 0 Å². The van der Waals surface area contributed by atoms with Crippen LogP contribution in [0.25, 0.3) is 0 Å². The van der Waals surface area contributed by atoms with Crippen LogP contribution in [0.4, 0.5) is 0 Å². The first-order valence-electron chi connectivity index (χ1n) is 12.3. The summed E-state index contributed by atoms with van der Waals surface area (Å²) in [7, 11) is 0. The Kier molecular flexibility index (Phi) is 7.75.